The van der Waals surface area contributed by atoms with Gasteiger partial charge in [-0.05, 0) is 25.7 Å². The number of carbonyl (C=O) groups excluding carboxylic acids is 2. The minimum absolute atomic E-state index is 0.0873. The van der Waals surface area contributed by atoms with Crippen molar-refractivity contribution in [1.29, 1.82) is 0 Å². The number of thiazole rings is 1. The molecule has 0 spiro atoms. The minimum Gasteiger partial charge on any atom is -0.356 e. The Labute approximate surface area is 166 Å². The molecule has 1 saturated carbocycles. The first kappa shape index (κ1) is 20.1. The van der Waals surface area contributed by atoms with E-state index in [1.165, 1.54) is 24.3 Å². The van der Waals surface area contributed by atoms with Gasteiger partial charge < -0.3 is 15.5 Å². The summed E-state index contributed by atoms with van der Waals surface area (Å²) in [5, 5.41) is 9.41. The van der Waals surface area contributed by atoms with Gasteiger partial charge >= 0.3 is 6.03 Å². The van der Waals surface area contributed by atoms with Crippen molar-refractivity contribution >= 4 is 23.3 Å². The van der Waals surface area contributed by atoms with Crippen LogP contribution in [0.15, 0.2) is 5.38 Å². The van der Waals surface area contributed by atoms with E-state index in [0.29, 0.717) is 24.9 Å². The zero-order valence-corrected chi connectivity index (χ0v) is 17.2. The van der Waals surface area contributed by atoms with E-state index >= 15 is 0 Å². The van der Waals surface area contributed by atoms with E-state index in [1.807, 2.05) is 11.8 Å². The van der Waals surface area contributed by atoms with E-state index < -0.39 is 0 Å². The maximum Gasteiger partial charge on any atom is 0.317 e. The Balaban J connectivity index is 1.41. The van der Waals surface area contributed by atoms with Crippen molar-refractivity contribution in [1.82, 2.24) is 20.5 Å². The number of hydrogen-bond acceptors (Lipinski definition) is 4. The topological polar surface area (TPSA) is 74.3 Å². The molecule has 0 radical (unpaired) electrons. The molecule has 27 heavy (non-hydrogen) atoms. The zero-order chi connectivity index (χ0) is 19.1. The molecule has 0 aromatic carbocycles. The molecule has 7 heteroatoms. The normalized spacial score (nSPS) is 19.1. The number of aromatic nitrogens is 1. The van der Waals surface area contributed by atoms with Crippen molar-refractivity contribution in [3.8, 4) is 0 Å². The third-order valence-electron chi connectivity index (χ3n) is 5.66. The number of carbonyl (C=O) groups is 2. The van der Waals surface area contributed by atoms with Gasteiger partial charge in [-0.2, -0.15) is 0 Å². The summed E-state index contributed by atoms with van der Waals surface area (Å²) in [5.74, 6) is 0.539. The predicted octanol–water partition coefficient (Wildman–Crippen LogP) is 3.43. The van der Waals surface area contributed by atoms with Gasteiger partial charge in [-0.15, -0.1) is 11.3 Å². The smallest absolute Gasteiger partial charge is 0.317 e. The van der Waals surface area contributed by atoms with Crippen molar-refractivity contribution in [2.24, 2.45) is 0 Å². The number of nitrogens with one attached hydrogen (secondary N) is 2. The highest BCUT2D eigenvalue weighted by Gasteiger charge is 2.27. The van der Waals surface area contributed by atoms with E-state index in [9.17, 15) is 9.59 Å². The summed E-state index contributed by atoms with van der Waals surface area (Å²) in [6, 6.07) is 0.491. The minimum atomic E-state index is 0.0873. The summed E-state index contributed by atoms with van der Waals surface area (Å²) >= 11 is 1.72. The van der Waals surface area contributed by atoms with Crippen LogP contribution >= 0.6 is 11.3 Å². The summed E-state index contributed by atoms with van der Waals surface area (Å²) < 4.78 is 0. The Kier molecular flexibility index (Phi) is 7.50. The lowest BCUT2D eigenvalue weighted by Crippen LogP contribution is -2.48. The lowest BCUT2D eigenvalue weighted by atomic mass is 9.95. The lowest BCUT2D eigenvalue weighted by Gasteiger charge is -2.33. The average Bonchev–Trinajstić information content (AvgIpc) is 3.17. The van der Waals surface area contributed by atoms with Crippen LogP contribution in [-0.2, 0) is 11.2 Å². The van der Waals surface area contributed by atoms with Gasteiger partial charge in [0.2, 0.25) is 5.91 Å². The van der Waals surface area contributed by atoms with Gasteiger partial charge in [-0.25, -0.2) is 9.78 Å². The van der Waals surface area contributed by atoms with E-state index in [1.54, 1.807) is 11.3 Å². The fourth-order valence-corrected chi connectivity index (χ4v) is 4.95. The molecule has 6 nitrogen and oxygen atoms in total. The molecule has 1 aromatic rings. The van der Waals surface area contributed by atoms with E-state index in [-0.39, 0.29) is 11.9 Å². The first-order valence-electron chi connectivity index (χ1n) is 10.4. The molecule has 0 atom stereocenters. The SMILES string of the molecule is CCC(=O)NCCc1csc(C2CCN(C(=O)NC3CCCCC3)CC2)n1. The molecular formula is C20H32N4O2S. The number of rotatable bonds is 6. The predicted molar refractivity (Wildman–Crippen MR) is 108 cm³/mol. The van der Waals surface area contributed by atoms with Gasteiger partial charge in [0.25, 0.3) is 0 Å². The molecular weight excluding hydrogens is 360 g/mol. The first-order chi connectivity index (χ1) is 13.2. The summed E-state index contributed by atoms with van der Waals surface area (Å²) in [5.41, 5.74) is 1.06. The molecule has 0 bridgehead atoms. The summed E-state index contributed by atoms with van der Waals surface area (Å²) in [6.45, 7) is 4.13. The molecule has 1 aliphatic carbocycles. The van der Waals surface area contributed by atoms with Gasteiger partial charge in [-0.3, -0.25) is 4.79 Å². The van der Waals surface area contributed by atoms with Crippen LogP contribution in [0.3, 0.4) is 0 Å². The standard InChI is InChI=1S/C20H32N4O2S/c1-2-18(25)21-11-8-17-14-27-19(22-17)15-9-12-24(13-10-15)20(26)23-16-6-4-3-5-7-16/h14-16H,2-13H2,1H3,(H,21,25)(H,23,26). The van der Waals surface area contributed by atoms with Crippen LogP contribution in [0.25, 0.3) is 0 Å². The van der Waals surface area contributed by atoms with Crippen LogP contribution in [-0.4, -0.2) is 47.5 Å². The van der Waals surface area contributed by atoms with Gasteiger partial charge in [0, 0.05) is 49.8 Å². The molecule has 2 aliphatic rings. The average molecular weight is 393 g/mol. The Hall–Kier alpha value is -1.63. The number of nitrogens with zero attached hydrogens (tertiary/aromatic N) is 2. The maximum absolute atomic E-state index is 12.5. The molecule has 3 rings (SSSR count). The Morgan fingerprint density at radius 1 is 1.19 bits per heavy atom. The highest BCUT2D eigenvalue weighted by molar-refractivity contribution is 7.09. The maximum atomic E-state index is 12.5. The van der Waals surface area contributed by atoms with Gasteiger partial charge in [-0.1, -0.05) is 26.2 Å². The number of piperidine rings is 1. The molecule has 1 aromatic heterocycles. The summed E-state index contributed by atoms with van der Waals surface area (Å²) in [4.78, 5) is 30.5. The zero-order valence-electron chi connectivity index (χ0n) is 16.3. The summed E-state index contributed by atoms with van der Waals surface area (Å²) in [6.07, 6.45) is 9.31. The highest BCUT2D eigenvalue weighted by Crippen LogP contribution is 2.30. The van der Waals surface area contributed by atoms with E-state index in [4.69, 9.17) is 4.98 Å². The van der Waals surface area contributed by atoms with Crippen LogP contribution in [0.4, 0.5) is 4.79 Å². The van der Waals surface area contributed by atoms with Crippen molar-refractivity contribution in [2.45, 2.75) is 76.7 Å². The second-order valence-electron chi connectivity index (χ2n) is 7.68. The van der Waals surface area contributed by atoms with Crippen LogP contribution in [0.5, 0.6) is 0 Å². The molecule has 2 N–H and O–H groups in total. The fourth-order valence-electron chi connectivity index (χ4n) is 3.92. The van der Waals surface area contributed by atoms with Crippen LogP contribution < -0.4 is 10.6 Å². The fraction of sp³-hybridized carbons (Fsp3) is 0.750. The first-order valence-corrected chi connectivity index (χ1v) is 11.3. The van der Waals surface area contributed by atoms with E-state index in [0.717, 1.165) is 50.9 Å². The Bertz CT molecular complexity index is 619. The third-order valence-corrected chi connectivity index (χ3v) is 6.71. The van der Waals surface area contributed by atoms with Crippen molar-refractivity contribution in [3.63, 3.8) is 0 Å². The number of likely N-dealkylation sites (tertiary alicyclic amines) is 1. The van der Waals surface area contributed by atoms with Gasteiger partial charge in [0.15, 0.2) is 0 Å². The van der Waals surface area contributed by atoms with Crippen LogP contribution in [0, 0.1) is 0 Å². The molecule has 0 unspecified atom stereocenters. The molecule has 3 amide bonds. The largest absolute Gasteiger partial charge is 0.356 e. The second kappa shape index (κ2) is 10.1. The molecule has 1 saturated heterocycles. The van der Waals surface area contributed by atoms with Crippen molar-refractivity contribution in [3.05, 3.63) is 16.1 Å². The lowest BCUT2D eigenvalue weighted by molar-refractivity contribution is -0.120. The van der Waals surface area contributed by atoms with Crippen molar-refractivity contribution < 1.29 is 9.59 Å². The monoisotopic (exact) mass is 392 g/mol. The molecule has 2 heterocycles. The molecule has 2 fully saturated rings. The number of amides is 3. The van der Waals surface area contributed by atoms with Crippen LogP contribution in [0.1, 0.15) is 74.9 Å². The quantitative estimate of drug-likeness (QED) is 0.779. The van der Waals surface area contributed by atoms with Crippen LogP contribution in [0.2, 0.25) is 0 Å². The second-order valence-corrected chi connectivity index (χ2v) is 8.57. The van der Waals surface area contributed by atoms with E-state index in [2.05, 4.69) is 16.0 Å². The van der Waals surface area contributed by atoms with Gasteiger partial charge in [0.05, 0.1) is 10.7 Å². The Morgan fingerprint density at radius 3 is 2.63 bits per heavy atom. The summed E-state index contributed by atoms with van der Waals surface area (Å²) in [7, 11) is 0. The Morgan fingerprint density at radius 2 is 1.93 bits per heavy atom. The third kappa shape index (κ3) is 5.92. The molecule has 1 aliphatic heterocycles. The number of hydrogen-bond donors (Lipinski definition) is 2. The number of urea groups is 1. The van der Waals surface area contributed by atoms with Gasteiger partial charge in [0.1, 0.15) is 0 Å². The van der Waals surface area contributed by atoms with Crippen molar-refractivity contribution in [2.75, 3.05) is 19.6 Å². The molecule has 150 valence electrons. The highest BCUT2D eigenvalue weighted by atomic mass is 32.1.